The lowest BCUT2D eigenvalue weighted by Crippen LogP contribution is -2.52. The molecular formula is C21H24ClN3O3. The van der Waals surface area contributed by atoms with E-state index in [2.05, 4.69) is 16.2 Å². The van der Waals surface area contributed by atoms with Gasteiger partial charge in [-0.3, -0.25) is 25.2 Å². The highest BCUT2D eigenvalue weighted by Gasteiger charge is 2.23. The van der Waals surface area contributed by atoms with E-state index in [9.17, 15) is 14.4 Å². The van der Waals surface area contributed by atoms with E-state index < -0.39 is 17.9 Å². The van der Waals surface area contributed by atoms with Crippen molar-refractivity contribution >= 4 is 29.3 Å². The van der Waals surface area contributed by atoms with Crippen LogP contribution in [0.3, 0.4) is 0 Å². The molecule has 6 nitrogen and oxygen atoms in total. The second kappa shape index (κ2) is 9.90. The third kappa shape index (κ3) is 6.39. The molecule has 0 bridgehead atoms. The van der Waals surface area contributed by atoms with Crippen molar-refractivity contribution in [1.82, 2.24) is 16.2 Å². The Balaban J connectivity index is 1.99. The van der Waals surface area contributed by atoms with Crippen LogP contribution in [0.2, 0.25) is 5.02 Å². The van der Waals surface area contributed by atoms with Crippen molar-refractivity contribution < 1.29 is 14.4 Å². The van der Waals surface area contributed by atoms with Gasteiger partial charge in [0.2, 0.25) is 0 Å². The van der Waals surface area contributed by atoms with Gasteiger partial charge in [-0.2, -0.15) is 0 Å². The number of aryl methyl sites for hydroxylation is 1. The number of hydrogen-bond donors (Lipinski definition) is 3. The standard InChI is InChI=1S/C21H24ClN3O3/c1-13(2)12-18(23-19(26)15-8-10-17(22)11-9-15)21(28)25-24-20(27)16-6-4-14(3)5-7-16/h4-11,13,18H,12H2,1-3H3,(H,23,26)(H,24,27)(H,25,28)/t18-/m1/s1. The Morgan fingerprint density at radius 2 is 1.39 bits per heavy atom. The molecule has 0 fully saturated rings. The zero-order valence-electron chi connectivity index (χ0n) is 16.1. The van der Waals surface area contributed by atoms with Crippen molar-refractivity contribution in [2.24, 2.45) is 5.92 Å². The number of nitrogens with one attached hydrogen (secondary N) is 3. The highest BCUT2D eigenvalue weighted by molar-refractivity contribution is 6.30. The average Bonchev–Trinajstić information content (AvgIpc) is 2.66. The predicted octanol–water partition coefficient (Wildman–Crippen LogP) is 3.25. The summed E-state index contributed by atoms with van der Waals surface area (Å²) in [5, 5.41) is 3.23. The first-order valence-corrected chi connectivity index (χ1v) is 9.37. The van der Waals surface area contributed by atoms with Crippen LogP contribution in [0.4, 0.5) is 0 Å². The molecule has 0 unspecified atom stereocenters. The molecule has 3 amide bonds. The van der Waals surface area contributed by atoms with Gasteiger partial charge < -0.3 is 5.32 Å². The summed E-state index contributed by atoms with van der Waals surface area (Å²) in [6, 6.07) is 12.6. The average molecular weight is 402 g/mol. The third-order valence-electron chi connectivity index (χ3n) is 4.05. The minimum atomic E-state index is -0.790. The first kappa shape index (κ1) is 21.4. The quantitative estimate of drug-likeness (QED) is 0.649. The van der Waals surface area contributed by atoms with E-state index in [0.717, 1.165) is 5.56 Å². The van der Waals surface area contributed by atoms with E-state index in [1.165, 1.54) is 0 Å². The largest absolute Gasteiger partial charge is 0.340 e. The number of halogens is 1. The van der Waals surface area contributed by atoms with E-state index in [0.29, 0.717) is 22.6 Å². The smallest absolute Gasteiger partial charge is 0.269 e. The highest BCUT2D eigenvalue weighted by Crippen LogP contribution is 2.11. The maximum absolute atomic E-state index is 12.5. The maximum atomic E-state index is 12.5. The van der Waals surface area contributed by atoms with E-state index in [-0.39, 0.29) is 11.8 Å². The zero-order valence-corrected chi connectivity index (χ0v) is 16.8. The van der Waals surface area contributed by atoms with Gasteiger partial charge in [0.05, 0.1) is 0 Å². The van der Waals surface area contributed by atoms with Crippen LogP contribution >= 0.6 is 11.6 Å². The fraction of sp³-hybridized carbons (Fsp3) is 0.286. The first-order chi connectivity index (χ1) is 13.3. The van der Waals surface area contributed by atoms with Crippen LogP contribution in [-0.4, -0.2) is 23.8 Å². The van der Waals surface area contributed by atoms with Gasteiger partial charge in [-0.1, -0.05) is 43.1 Å². The lowest BCUT2D eigenvalue weighted by molar-refractivity contribution is -0.124. The number of hydrazine groups is 1. The van der Waals surface area contributed by atoms with Gasteiger partial charge in [0.1, 0.15) is 6.04 Å². The minimum absolute atomic E-state index is 0.161. The number of carbonyl (C=O) groups is 3. The van der Waals surface area contributed by atoms with Gasteiger partial charge in [-0.15, -0.1) is 0 Å². The number of benzene rings is 2. The van der Waals surface area contributed by atoms with Crippen molar-refractivity contribution in [3.8, 4) is 0 Å². The van der Waals surface area contributed by atoms with Crippen LogP contribution in [-0.2, 0) is 4.79 Å². The summed E-state index contributed by atoms with van der Waals surface area (Å²) in [5.74, 6) is -1.14. The monoisotopic (exact) mass is 401 g/mol. The summed E-state index contributed by atoms with van der Waals surface area (Å²) >= 11 is 5.84. The Labute approximate surface area is 169 Å². The molecule has 2 aromatic carbocycles. The summed E-state index contributed by atoms with van der Waals surface area (Å²) in [6.07, 6.45) is 0.422. The van der Waals surface area contributed by atoms with Gasteiger partial charge in [-0.25, -0.2) is 0 Å². The van der Waals surface area contributed by atoms with E-state index >= 15 is 0 Å². The van der Waals surface area contributed by atoms with E-state index in [1.54, 1.807) is 36.4 Å². The van der Waals surface area contributed by atoms with Crippen molar-refractivity contribution in [2.45, 2.75) is 33.2 Å². The lowest BCUT2D eigenvalue weighted by Gasteiger charge is -2.20. The molecule has 148 valence electrons. The first-order valence-electron chi connectivity index (χ1n) is 8.99. The number of carbonyl (C=O) groups excluding carboxylic acids is 3. The minimum Gasteiger partial charge on any atom is -0.340 e. The van der Waals surface area contributed by atoms with Crippen LogP contribution in [0.1, 0.15) is 46.5 Å². The molecule has 28 heavy (non-hydrogen) atoms. The predicted molar refractivity (Wildman–Crippen MR) is 109 cm³/mol. The van der Waals surface area contributed by atoms with Crippen molar-refractivity contribution in [3.63, 3.8) is 0 Å². The van der Waals surface area contributed by atoms with Crippen LogP contribution in [0.5, 0.6) is 0 Å². The third-order valence-corrected chi connectivity index (χ3v) is 4.30. The Bertz CT molecular complexity index is 833. The van der Waals surface area contributed by atoms with Gasteiger partial charge in [-0.05, 0) is 55.7 Å². The molecule has 0 saturated heterocycles. The second-order valence-electron chi connectivity index (χ2n) is 6.97. The molecular weight excluding hydrogens is 378 g/mol. The molecule has 7 heteroatoms. The highest BCUT2D eigenvalue weighted by atomic mass is 35.5. The molecule has 0 aliphatic heterocycles. The Morgan fingerprint density at radius 1 is 0.857 bits per heavy atom. The van der Waals surface area contributed by atoms with Crippen molar-refractivity contribution in [3.05, 3.63) is 70.2 Å². The summed E-state index contributed by atoms with van der Waals surface area (Å²) in [7, 11) is 0. The molecule has 0 spiro atoms. The normalized spacial score (nSPS) is 11.6. The summed E-state index contributed by atoms with van der Waals surface area (Å²) in [5.41, 5.74) is 6.63. The van der Waals surface area contributed by atoms with Gasteiger partial charge in [0.15, 0.2) is 0 Å². The van der Waals surface area contributed by atoms with Gasteiger partial charge in [0, 0.05) is 16.1 Å². The second-order valence-corrected chi connectivity index (χ2v) is 7.41. The van der Waals surface area contributed by atoms with Crippen LogP contribution in [0.25, 0.3) is 0 Å². The molecule has 2 aromatic rings. The zero-order chi connectivity index (χ0) is 20.7. The molecule has 0 aliphatic rings. The summed E-state index contributed by atoms with van der Waals surface area (Å²) < 4.78 is 0. The van der Waals surface area contributed by atoms with Crippen LogP contribution in [0, 0.1) is 12.8 Å². The van der Waals surface area contributed by atoms with Crippen molar-refractivity contribution in [1.29, 1.82) is 0 Å². The molecule has 2 rings (SSSR count). The molecule has 3 N–H and O–H groups in total. The fourth-order valence-electron chi connectivity index (χ4n) is 2.53. The molecule has 0 aliphatic carbocycles. The molecule has 0 radical (unpaired) electrons. The number of amides is 3. The number of rotatable bonds is 6. The van der Waals surface area contributed by atoms with Crippen LogP contribution < -0.4 is 16.2 Å². The Kier molecular flexibility index (Phi) is 7.58. The van der Waals surface area contributed by atoms with E-state index in [4.69, 9.17) is 11.6 Å². The van der Waals surface area contributed by atoms with Crippen molar-refractivity contribution in [2.75, 3.05) is 0 Å². The molecule has 0 aromatic heterocycles. The van der Waals surface area contributed by atoms with Crippen LogP contribution in [0.15, 0.2) is 48.5 Å². The lowest BCUT2D eigenvalue weighted by atomic mass is 10.0. The summed E-state index contributed by atoms with van der Waals surface area (Å²) in [6.45, 7) is 5.81. The summed E-state index contributed by atoms with van der Waals surface area (Å²) in [4.78, 5) is 37.1. The van der Waals surface area contributed by atoms with E-state index in [1.807, 2.05) is 32.9 Å². The Hall–Kier alpha value is -2.86. The Morgan fingerprint density at radius 3 is 1.96 bits per heavy atom. The van der Waals surface area contributed by atoms with Gasteiger partial charge >= 0.3 is 0 Å². The van der Waals surface area contributed by atoms with Gasteiger partial charge in [0.25, 0.3) is 17.7 Å². The molecule has 1 atom stereocenters. The molecule has 0 heterocycles. The number of hydrogen-bond acceptors (Lipinski definition) is 3. The fourth-order valence-corrected chi connectivity index (χ4v) is 2.65. The molecule has 0 saturated carbocycles. The SMILES string of the molecule is Cc1ccc(C(=O)NNC(=O)[C@@H](CC(C)C)NC(=O)c2ccc(Cl)cc2)cc1. The maximum Gasteiger partial charge on any atom is 0.269 e. The topological polar surface area (TPSA) is 87.3 Å².